The monoisotopic (exact) mass is 295 g/mol. The molecule has 4 nitrogen and oxygen atoms in total. The molecule has 0 aliphatic heterocycles. The molecule has 0 fully saturated rings. The van der Waals surface area contributed by atoms with Crippen molar-refractivity contribution >= 4 is 23.2 Å². The van der Waals surface area contributed by atoms with Crippen molar-refractivity contribution < 1.29 is 4.79 Å². The molecule has 21 heavy (non-hydrogen) atoms. The van der Waals surface area contributed by atoms with Crippen LogP contribution in [0.5, 0.6) is 0 Å². The Morgan fingerprint density at radius 3 is 2.81 bits per heavy atom. The second kappa shape index (κ2) is 5.85. The van der Waals surface area contributed by atoms with E-state index in [4.69, 9.17) is 0 Å². The average Bonchev–Trinajstić information content (AvgIpc) is 3.15. The minimum Gasteiger partial charge on any atom is -0.289 e. The molecule has 2 heterocycles. The van der Waals surface area contributed by atoms with Crippen LogP contribution in [0.2, 0.25) is 0 Å². The minimum absolute atomic E-state index is 0.0699. The van der Waals surface area contributed by atoms with Gasteiger partial charge in [-0.1, -0.05) is 30.3 Å². The molecule has 2 aromatic heterocycles. The van der Waals surface area contributed by atoms with E-state index in [1.807, 2.05) is 35.7 Å². The van der Waals surface area contributed by atoms with E-state index in [-0.39, 0.29) is 5.78 Å². The number of nitrogens with zero attached hydrogens (tertiary/aromatic N) is 3. The van der Waals surface area contributed by atoms with E-state index in [0.717, 1.165) is 16.3 Å². The van der Waals surface area contributed by atoms with Gasteiger partial charge in [0, 0.05) is 24.2 Å². The Morgan fingerprint density at radius 1 is 1.29 bits per heavy atom. The lowest BCUT2D eigenvalue weighted by atomic mass is 10.2. The number of thiazole rings is 1. The summed E-state index contributed by atoms with van der Waals surface area (Å²) < 4.78 is 1.61. The van der Waals surface area contributed by atoms with Crippen LogP contribution >= 0.6 is 11.3 Å². The fourth-order valence-electron chi connectivity index (χ4n) is 1.90. The van der Waals surface area contributed by atoms with Crippen LogP contribution in [0.4, 0.5) is 0 Å². The highest BCUT2D eigenvalue weighted by Gasteiger charge is 2.05. The molecule has 0 atom stereocenters. The molecular formula is C16H13N3OS. The topological polar surface area (TPSA) is 47.8 Å². The summed E-state index contributed by atoms with van der Waals surface area (Å²) in [6, 6.07) is 9.97. The Balaban J connectivity index is 1.75. The highest BCUT2D eigenvalue weighted by atomic mass is 32.1. The molecule has 104 valence electrons. The molecule has 0 amide bonds. The molecule has 0 spiro atoms. The molecule has 0 saturated heterocycles. The van der Waals surface area contributed by atoms with Crippen molar-refractivity contribution in [3.8, 4) is 11.3 Å². The van der Waals surface area contributed by atoms with Gasteiger partial charge in [-0.05, 0) is 12.2 Å². The largest absolute Gasteiger partial charge is 0.289 e. The van der Waals surface area contributed by atoms with E-state index in [1.54, 1.807) is 30.2 Å². The van der Waals surface area contributed by atoms with Crippen molar-refractivity contribution in [2.75, 3.05) is 0 Å². The van der Waals surface area contributed by atoms with Crippen LogP contribution in [0, 0.1) is 0 Å². The molecule has 0 aliphatic rings. The van der Waals surface area contributed by atoms with E-state index in [2.05, 4.69) is 10.1 Å². The summed E-state index contributed by atoms with van der Waals surface area (Å²) in [5.41, 5.74) is 2.58. The number of carbonyl (C=O) groups excluding carboxylic acids is 1. The average molecular weight is 295 g/mol. The molecule has 0 bridgehead atoms. The van der Waals surface area contributed by atoms with Crippen LogP contribution in [0.25, 0.3) is 17.3 Å². The second-order valence-electron chi connectivity index (χ2n) is 4.54. The van der Waals surface area contributed by atoms with E-state index in [1.165, 1.54) is 17.4 Å². The van der Waals surface area contributed by atoms with E-state index in [0.29, 0.717) is 5.56 Å². The summed E-state index contributed by atoms with van der Waals surface area (Å²) >= 11 is 1.52. The highest BCUT2D eigenvalue weighted by Crippen LogP contribution is 2.22. The van der Waals surface area contributed by atoms with Crippen molar-refractivity contribution in [3.63, 3.8) is 0 Å². The summed E-state index contributed by atoms with van der Waals surface area (Å²) in [5.74, 6) is -0.0699. The maximum absolute atomic E-state index is 11.9. The zero-order chi connectivity index (χ0) is 14.7. The second-order valence-corrected chi connectivity index (χ2v) is 5.43. The Bertz CT molecular complexity index is 787. The van der Waals surface area contributed by atoms with Gasteiger partial charge in [0.25, 0.3) is 0 Å². The number of aryl methyl sites for hydroxylation is 1. The highest BCUT2D eigenvalue weighted by molar-refractivity contribution is 7.10. The van der Waals surface area contributed by atoms with Crippen molar-refractivity contribution in [3.05, 3.63) is 64.8 Å². The fourth-order valence-corrected chi connectivity index (χ4v) is 2.62. The molecule has 5 heteroatoms. The normalized spacial score (nSPS) is 11.1. The first-order valence-corrected chi connectivity index (χ1v) is 7.32. The van der Waals surface area contributed by atoms with Gasteiger partial charge in [-0.3, -0.25) is 9.48 Å². The van der Waals surface area contributed by atoms with Crippen LogP contribution in [0.3, 0.4) is 0 Å². The molecule has 0 saturated carbocycles. The summed E-state index contributed by atoms with van der Waals surface area (Å²) in [5, 5.41) is 6.79. The van der Waals surface area contributed by atoms with Gasteiger partial charge in [0.1, 0.15) is 5.01 Å². The predicted molar refractivity (Wildman–Crippen MR) is 84.1 cm³/mol. The number of ketones is 1. The van der Waals surface area contributed by atoms with Crippen molar-refractivity contribution in [1.29, 1.82) is 0 Å². The first kappa shape index (κ1) is 13.5. The lowest BCUT2D eigenvalue weighted by Gasteiger charge is -1.93. The number of aromatic nitrogens is 3. The van der Waals surface area contributed by atoms with Crippen molar-refractivity contribution in [2.45, 2.75) is 0 Å². The van der Waals surface area contributed by atoms with Gasteiger partial charge in [0.2, 0.25) is 0 Å². The molecule has 1 aromatic carbocycles. The summed E-state index contributed by atoms with van der Waals surface area (Å²) in [6.45, 7) is 0. The molecular weight excluding hydrogens is 282 g/mol. The third-order valence-electron chi connectivity index (χ3n) is 2.96. The maximum atomic E-state index is 11.9. The number of rotatable bonds is 4. The van der Waals surface area contributed by atoms with Gasteiger partial charge >= 0.3 is 0 Å². The molecule has 0 unspecified atom stereocenters. The number of allylic oxidation sites excluding steroid dienone is 1. The molecule has 0 N–H and O–H groups in total. The Morgan fingerprint density at radius 2 is 2.10 bits per heavy atom. The summed E-state index contributed by atoms with van der Waals surface area (Å²) in [4.78, 5) is 16.5. The third kappa shape index (κ3) is 3.14. The maximum Gasteiger partial charge on any atom is 0.189 e. The van der Waals surface area contributed by atoms with Gasteiger partial charge < -0.3 is 0 Å². The third-order valence-corrected chi connectivity index (χ3v) is 3.77. The van der Waals surface area contributed by atoms with Crippen LogP contribution in [-0.4, -0.2) is 20.5 Å². The van der Waals surface area contributed by atoms with Gasteiger partial charge in [-0.15, -0.1) is 11.3 Å². The van der Waals surface area contributed by atoms with Crippen LogP contribution in [-0.2, 0) is 7.05 Å². The zero-order valence-electron chi connectivity index (χ0n) is 11.4. The van der Waals surface area contributed by atoms with Crippen molar-refractivity contribution in [1.82, 2.24) is 14.8 Å². The van der Waals surface area contributed by atoms with Crippen LogP contribution < -0.4 is 0 Å². The SMILES string of the molecule is Cn1cc(C(=O)/C=C/c2nc(-c3ccccc3)cs2)cn1. The smallest absolute Gasteiger partial charge is 0.189 e. The lowest BCUT2D eigenvalue weighted by Crippen LogP contribution is -1.91. The minimum atomic E-state index is -0.0699. The lowest BCUT2D eigenvalue weighted by molar-refractivity contribution is 0.104. The van der Waals surface area contributed by atoms with Gasteiger partial charge in [-0.25, -0.2) is 4.98 Å². The fraction of sp³-hybridized carbons (Fsp3) is 0.0625. The van der Waals surface area contributed by atoms with Crippen molar-refractivity contribution in [2.24, 2.45) is 7.05 Å². The molecule has 3 rings (SSSR count). The first-order valence-electron chi connectivity index (χ1n) is 6.44. The Labute approximate surface area is 126 Å². The summed E-state index contributed by atoms with van der Waals surface area (Å²) in [6.07, 6.45) is 6.53. The number of carbonyl (C=O) groups is 1. The number of benzene rings is 1. The van der Waals surface area contributed by atoms with E-state index < -0.39 is 0 Å². The molecule has 3 aromatic rings. The van der Waals surface area contributed by atoms with Gasteiger partial charge in [-0.2, -0.15) is 5.10 Å². The first-order chi connectivity index (χ1) is 10.2. The van der Waals surface area contributed by atoms with E-state index in [9.17, 15) is 4.79 Å². The van der Waals surface area contributed by atoms with E-state index >= 15 is 0 Å². The van der Waals surface area contributed by atoms with Crippen LogP contribution in [0.1, 0.15) is 15.4 Å². The predicted octanol–water partition coefficient (Wildman–Crippen LogP) is 3.44. The zero-order valence-corrected chi connectivity index (χ0v) is 12.2. The number of hydrogen-bond acceptors (Lipinski definition) is 4. The van der Waals surface area contributed by atoms with Gasteiger partial charge in [0.05, 0.1) is 17.5 Å². The van der Waals surface area contributed by atoms with Crippen LogP contribution in [0.15, 0.2) is 54.2 Å². The number of hydrogen-bond donors (Lipinski definition) is 0. The quantitative estimate of drug-likeness (QED) is 0.547. The Hall–Kier alpha value is -2.53. The molecule has 0 aliphatic carbocycles. The summed E-state index contributed by atoms with van der Waals surface area (Å²) in [7, 11) is 1.79. The Kier molecular flexibility index (Phi) is 3.75. The van der Waals surface area contributed by atoms with Gasteiger partial charge in [0.15, 0.2) is 5.78 Å². The molecule has 0 radical (unpaired) electrons. The standard InChI is InChI=1S/C16H13N3OS/c1-19-10-13(9-17-19)15(20)7-8-16-18-14(11-21-16)12-5-3-2-4-6-12/h2-11H,1H3/b8-7+.